The van der Waals surface area contributed by atoms with E-state index in [2.05, 4.69) is 54.7 Å². The second-order valence-electron chi connectivity index (χ2n) is 4.47. The lowest BCUT2D eigenvalue weighted by Crippen LogP contribution is -2.42. The van der Waals surface area contributed by atoms with Gasteiger partial charge in [0.25, 0.3) is 0 Å². The number of hydrogen-bond donors (Lipinski definition) is 0. The van der Waals surface area contributed by atoms with Crippen molar-refractivity contribution in [2.24, 2.45) is 5.92 Å². The molecule has 0 heterocycles. The molecule has 0 aromatic carbocycles. The van der Waals surface area contributed by atoms with Gasteiger partial charge in [0.15, 0.2) is 0 Å². The van der Waals surface area contributed by atoms with Crippen molar-refractivity contribution >= 4 is 53.6 Å². The van der Waals surface area contributed by atoms with E-state index in [0.29, 0.717) is 18.1 Å². The van der Waals surface area contributed by atoms with Gasteiger partial charge in [0.2, 0.25) is 0 Å². The summed E-state index contributed by atoms with van der Waals surface area (Å²) in [6, 6.07) is 0. The van der Waals surface area contributed by atoms with E-state index in [4.69, 9.17) is 0 Å². The summed E-state index contributed by atoms with van der Waals surface area (Å²) in [6.45, 7) is 4.13. The molecule has 4 heteroatoms. The lowest BCUT2D eigenvalue weighted by molar-refractivity contribution is -0.123. The molecule has 0 aliphatic heterocycles. The molecular formula is C10H15Br3O. The van der Waals surface area contributed by atoms with Gasteiger partial charge in [-0.2, -0.15) is 0 Å². The summed E-state index contributed by atoms with van der Waals surface area (Å²) in [6.07, 6.45) is 2.71. The van der Waals surface area contributed by atoms with E-state index in [0.717, 1.165) is 18.2 Å². The van der Waals surface area contributed by atoms with Crippen LogP contribution in [0.1, 0.15) is 33.1 Å². The largest absolute Gasteiger partial charge is 0.298 e. The fraction of sp³-hybridized carbons (Fsp3) is 0.900. The van der Waals surface area contributed by atoms with Crippen LogP contribution in [0.25, 0.3) is 0 Å². The fourth-order valence-electron chi connectivity index (χ4n) is 1.75. The third kappa shape index (κ3) is 2.82. The van der Waals surface area contributed by atoms with Crippen LogP contribution in [-0.4, -0.2) is 19.8 Å². The van der Waals surface area contributed by atoms with Crippen LogP contribution < -0.4 is 0 Å². The Morgan fingerprint density at radius 2 is 2.21 bits per heavy atom. The second kappa shape index (κ2) is 4.54. The zero-order chi connectivity index (χ0) is 11.0. The molecule has 82 valence electrons. The Kier molecular flexibility index (Phi) is 4.27. The highest BCUT2D eigenvalue weighted by atomic mass is 79.9. The average molecular weight is 391 g/mol. The normalized spacial score (nSPS) is 38.1. The quantitative estimate of drug-likeness (QED) is 0.650. The SMILES string of the molecule is C[C@]1(Br)CC[C@@H]([C@](C)(Br)CBr)CC1=O. The highest BCUT2D eigenvalue weighted by Gasteiger charge is 2.42. The van der Waals surface area contributed by atoms with Gasteiger partial charge in [-0.05, 0) is 32.6 Å². The molecule has 0 amide bonds. The smallest absolute Gasteiger partial charge is 0.149 e. The van der Waals surface area contributed by atoms with Crippen molar-refractivity contribution < 1.29 is 4.79 Å². The van der Waals surface area contributed by atoms with E-state index >= 15 is 0 Å². The minimum absolute atomic E-state index is 0.0478. The molecule has 3 atom stereocenters. The van der Waals surface area contributed by atoms with E-state index in [1.54, 1.807) is 0 Å². The molecule has 0 spiro atoms. The standard InChI is InChI=1S/C10H15Br3O/c1-9(12)4-3-7(5-8(9)14)10(2,13)6-11/h7H,3-6H2,1-2H3/t7-,9+,10-/m1/s1. The zero-order valence-corrected chi connectivity index (χ0v) is 13.2. The Labute approximate surface area is 111 Å². The Bertz CT molecular complexity index is 236. The second-order valence-corrected chi connectivity index (χ2v) is 8.59. The summed E-state index contributed by atoms with van der Waals surface area (Å²) in [4.78, 5) is 11.8. The van der Waals surface area contributed by atoms with Crippen molar-refractivity contribution in [1.82, 2.24) is 0 Å². The van der Waals surface area contributed by atoms with E-state index < -0.39 is 0 Å². The van der Waals surface area contributed by atoms with Crippen molar-refractivity contribution in [3.63, 3.8) is 0 Å². The Balaban J connectivity index is 2.68. The maximum absolute atomic E-state index is 11.8. The number of ketones is 1. The molecule has 0 aromatic heterocycles. The van der Waals surface area contributed by atoms with Gasteiger partial charge in [-0.25, -0.2) is 0 Å². The Morgan fingerprint density at radius 3 is 2.64 bits per heavy atom. The first-order chi connectivity index (χ1) is 6.29. The maximum Gasteiger partial charge on any atom is 0.149 e. The zero-order valence-electron chi connectivity index (χ0n) is 8.45. The van der Waals surface area contributed by atoms with Crippen LogP contribution in [0.3, 0.4) is 0 Å². The molecule has 0 radical (unpaired) electrons. The molecule has 0 bridgehead atoms. The summed E-state index contributed by atoms with van der Waals surface area (Å²) in [5.74, 6) is 0.778. The first kappa shape index (κ1) is 13.2. The predicted molar refractivity (Wildman–Crippen MR) is 70.8 cm³/mol. The molecule has 0 aromatic rings. The lowest BCUT2D eigenvalue weighted by Gasteiger charge is -2.38. The summed E-state index contributed by atoms with van der Waals surface area (Å²) in [7, 11) is 0. The van der Waals surface area contributed by atoms with Crippen LogP contribution in [0, 0.1) is 5.92 Å². The lowest BCUT2D eigenvalue weighted by atomic mass is 9.76. The van der Waals surface area contributed by atoms with Crippen molar-refractivity contribution in [2.75, 3.05) is 5.33 Å². The maximum atomic E-state index is 11.8. The molecule has 1 aliphatic carbocycles. The first-order valence-corrected chi connectivity index (χ1v) is 7.47. The van der Waals surface area contributed by atoms with Crippen LogP contribution in [-0.2, 0) is 4.79 Å². The number of rotatable bonds is 2. The molecule has 0 N–H and O–H groups in total. The van der Waals surface area contributed by atoms with Gasteiger partial charge >= 0.3 is 0 Å². The number of hydrogen-bond acceptors (Lipinski definition) is 1. The predicted octanol–water partition coefficient (Wildman–Crippen LogP) is 4.06. The Hall–Kier alpha value is 1.11. The van der Waals surface area contributed by atoms with Gasteiger partial charge in [-0.1, -0.05) is 47.8 Å². The number of carbonyl (C=O) groups excluding carboxylic acids is 1. The van der Waals surface area contributed by atoms with Crippen molar-refractivity contribution in [2.45, 2.75) is 41.8 Å². The third-order valence-corrected chi connectivity index (χ3v) is 6.77. The third-order valence-electron chi connectivity index (χ3n) is 3.09. The molecule has 1 nitrogen and oxygen atoms in total. The van der Waals surface area contributed by atoms with Crippen LogP contribution in [0.2, 0.25) is 0 Å². The summed E-state index contributed by atoms with van der Waals surface area (Å²) >= 11 is 10.7. The molecule has 0 saturated heterocycles. The van der Waals surface area contributed by atoms with Gasteiger partial charge < -0.3 is 0 Å². The molecular weight excluding hydrogens is 376 g/mol. The Morgan fingerprint density at radius 1 is 1.64 bits per heavy atom. The number of Topliss-reactive ketones (excluding diaryl/α,β-unsaturated/α-hetero) is 1. The van der Waals surface area contributed by atoms with Crippen molar-refractivity contribution in [1.29, 1.82) is 0 Å². The van der Waals surface area contributed by atoms with Gasteiger partial charge in [0, 0.05) is 16.1 Å². The van der Waals surface area contributed by atoms with Crippen molar-refractivity contribution in [3.8, 4) is 0 Å². The molecule has 1 aliphatic rings. The number of carbonyl (C=O) groups is 1. The first-order valence-electron chi connectivity index (χ1n) is 4.77. The summed E-state index contributed by atoms with van der Waals surface area (Å²) in [5, 5.41) is 0.886. The monoisotopic (exact) mass is 388 g/mol. The molecule has 1 saturated carbocycles. The van der Waals surface area contributed by atoms with Gasteiger partial charge in [-0.15, -0.1) is 0 Å². The van der Waals surface area contributed by atoms with Crippen LogP contribution in [0.15, 0.2) is 0 Å². The number of halogens is 3. The van der Waals surface area contributed by atoms with Gasteiger partial charge in [-0.3, -0.25) is 4.79 Å². The molecule has 14 heavy (non-hydrogen) atoms. The van der Waals surface area contributed by atoms with E-state index in [1.807, 2.05) is 6.92 Å². The summed E-state index contributed by atoms with van der Waals surface area (Å²) < 4.78 is -0.231. The number of alkyl halides is 3. The fourth-order valence-corrected chi connectivity index (χ4v) is 2.99. The highest BCUT2D eigenvalue weighted by Crippen LogP contribution is 2.43. The topological polar surface area (TPSA) is 17.1 Å². The van der Waals surface area contributed by atoms with E-state index in [-0.39, 0.29) is 8.65 Å². The van der Waals surface area contributed by atoms with Gasteiger partial charge in [0.05, 0.1) is 4.32 Å². The molecule has 1 fully saturated rings. The molecule has 1 rings (SSSR count). The summed E-state index contributed by atoms with van der Waals surface area (Å²) in [5.41, 5.74) is 0. The highest BCUT2D eigenvalue weighted by molar-refractivity contribution is 9.12. The van der Waals surface area contributed by atoms with E-state index in [1.165, 1.54) is 0 Å². The van der Waals surface area contributed by atoms with Crippen LogP contribution >= 0.6 is 47.8 Å². The average Bonchev–Trinajstić information content (AvgIpc) is 2.09. The van der Waals surface area contributed by atoms with Gasteiger partial charge in [0.1, 0.15) is 5.78 Å². The van der Waals surface area contributed by atoms with Crippen molar-refractivity contribution in [3.05, 3.63) is 0 Å². The van der Waals surface area contributed by atoms with Crippen LogP contribution in [0.4, 0.5) is 0 Å². The van der Waals surface area contributed by atoms with E-state index in [9.17, 15) is 4.79 Å². The minimum atomic E-state index is -0.279. The molecule has 0 unspecified atom stereocenters. The minimum Gasteiger partial charge on any atom is -0.298 e. The van der Waals surface area contributed by atoms with Crippen LogP contribution in [0.5, 0.6) is 0 Å².